The molecule has 24 heavy (non-hydrogen) atoms. The van der Waals surface area contributed by atoms with Crippen molar-refractivity contribution in [2.24, 2.45) is 5.41 Å². The fourth-order valence-corrected chi connectivity index (χ4v) is 3.75. The first kappa shape index (κ1) is 15.0. The number of carbonyl (C=O) groups excluding carboxylic acids is 1. The van der Waals surface area contributed by atoms with Gasteiger partial charge in [-0.05, 0) is 17.7 Å². The third kappa shape index (κ3) is 2.22. The fourth-order valence-electron chi connectivity index (χ4n) is 3.75. The average molecular weight is 326 g/mol. The summed E-state index contributed by atoms with van der Waals surface area (Å²) in [5, 5.41) is 10.0. The van der Waals surface area contributed by atoms with Gasteiger partial charge in [0.05, 0.1) is 24.2 Å². The minimum absolute atomic E-state index is 0.0403. The third-order valence-corrected chi connectivity index (χ3v) is 5.09. The fraction of sp³-hybridized carbons (Fsp3) is 0.333. The number of nitrogens with zero attached hydrogens (tertiary/aromatic N) is 1. The monoisotopic (exact) mass is 326 g/mol. The Balaban J connectivity index is 1.67. The molecular formula is C18H18N2O4. The lowest BCUT2D eigenvalue weighted by Crippen LogP contribution is -2.42. The predicted octanol–water partition coefficient (Wildman–Crippen LogP) is 0.986. The van der Waals surface area contributed by atoms with E-state index in [1.807, 2.05) is 24.3 Å². The van der Waals surface area contributed by atoms with Gasteiger partial charge in [0.2, 0.25) is 5.56 Å². The zero-order chi connectivity index (χ0) is 16.7. The molecule has 6 heteroatoms. The molecule has 2 atom stereocenters. The highest BCUT2D eigenvalue weighted by molar-refractivity contribution is 5.94. The van der Waals surface area contributed by atoms with Crippen LogP contribution in [0.25, 0.3) is 0 Å². The van der Waals surface area contributed by atoms with Gasteiger partial charge in [0.25, 0.3) is 5.91 Å². The molecule has 2 N–H and O–H groups in total. The number of hydrogen-bond acceptors (Lipinski definition) is 4. The summed E-state index contributed by atoms with van der Waals surface area (Å²) in [5.41, 5.74) is 0.757. The minimum Gasteiger partial charge on any atom is -0.493 e. The molecule has 3 heterocycles. The van der Waals surface area contributed by atoms with Crippen LogP contribution in [0.2, 0.25) is 0 Å². The maximum atomic E-state index is 12.8. The molecular weight excluding hydrogens is 308 g/mol. The highest BCUT2D eigenvalue weighted by Crippen LogP contribution is 2.49. The molecule has 0 radical (unpaired) electrons. The number of rotatable bonds is 2. The van der Waals surface area contributed by atoms with E-state index in [2.05, 4.69) is 4.98 Å². The molecule has 0 spiro atoms. The van der Waals surface area contributed by atoms with Crippen LogP contribution in [-0.4, -0.2) is 47.2 Å². The number of amides is 1. The number of benzene rings is 1. The third-order valence-electron chi connectivity index (χ3n) is 5.09. The predicted molar refractivity (Wildman–Crippen MR) is 87.2 cm³/mol. The van der Waals surface area contributed by atoms with Crippen LogP contribution in [0, 0.1) is 5.41 Å². The molecule has 1 fully saturated rings. The van der Waals surface area contributed by atoms with Gasteiger partial charge in [0.1, 0.15) is 5.75 Å². The molecule has 2 aromatic rings. The molecule has 2 aliphatic rings. The summed E-state index contributed by atoms with van der Waals surface area (Å²) in [7, 11) is 0. The second-order valence-corrected chi connectivity index (χ2v) is 6.53. The van der Waals surface area contributed by atoms with Gasteiger partial charge in [-0.2, -0.15) is 0 Å². The lowest BCUT2D eigenvalue weighted by atomic mass is 9.74. The van der Waals surface area contributed by atoms with E-state index >= 15 is 0 Å². The van der Waals surface area contributed by atoms with Crippen molar-refractivity contribution in [1.29, 1.82) is 0 Å². The van der Waals surface area contributed by atoms with Crippen LogP contribution < -0.4 is 10.3 Å². The van der Waals surface area contributed by atoms with Crippen LogP contribution in [0.4, 0.5) is 0 Å². The topological polar surface area (TPSA) is 82.6 Å². The summed E-state index contributed by atoms with van der Waals surface area (Å²) >= 11 is 0. The van der Waals surface area contributed by atoms with Gasteiger partial charge in [-0.3, -0.25) is 9.59 Å². The molecule has 0 bridgehead atoms. The molecule has 1 amide bonds. The zero-order valence-corrected chi connectivity index (χ0v) is 13.1. The molecule has 1 saturated heterocycles. The molecule has 124 valence electrons. The number of H-pyrrole nitrogens is 1. The zero-order valence-electron chi connectivity index (χ0n) is 13.1. The molecule has 2 aliphatic heterocycles. The number of nitrogens with one attached hydrogen (secondary N) is 1. The Hall–Kier alpha value is -2.60. The number of hydrogen-bond donors (Lipinski definition) is 2. The summed E-state index contributed by atoms with van der Waals surface area (Å²) < 4.78 is 5.84. The SMILES string of the molecule is O=C(c1ccc(=O)[nH]c1)N1C[C@@H]2c3ccccc3OC[C@]2(CO)C1. The van der Waals surface area contributed by atoms with E-state index in [1.165, 1.54) is 18.3 Å². The van der Waals surface area contributed by atoms with Crippen LogP contribution >= 0.6 is 0 Å². The van der Waals surface area contributed by atoms with E-state index in [4.69, 9.17) is 4.74 Å². The van der Waals surface area contributed by atoms with E-state index in [0.29, 0.717) is 25.3 Å². The quantitative estimate of drug-likeness (QED) is 0.862. The number of likely N-dealkylation sites (tertiary alicyclic amines) is 1. The van der Waals surface area contributed by atoms with Crippen molar-refractivity contribution >= 4 is 5.91 Å². The van der Waals surface area contributed by atoms with E-state index in [0.717, 1.165) is 11.3 Å². The number of ether oxygens (including phenoxy) is 1. The number of fused-ring (bicyclic) bond motifs is 3. The Morgan fingerprint density at radius 1 is 1.33 bits per heavy atom. The van der Waals surface area contributed by atoms with Gasteiger partial charge < -0.3 is 19.7 Å². The van der Waals surface area contributed by atoms with Crippen molar-refractivity contribution in [2.45, 2.75) is 5.92 Å². The summed E-state index contributed by atoms with van der Waals surface area (Å²) in [4.78, 5) is 28.2. The molecule has 1 aromatic carbocycles. The van der Waals surface area contributed by atoms with Gasteiger partial charge in [-0.1, -0.05) is 18.2 Å². The minimum atomic E-state index is -0.480. The Morgan fingerprint density at radius 2 is 2.17 bits per heavy atom. The lowest BCUT2D eigenvalue weighted by molar-refractivity contribution is 0.0440. The number of aromatic nitrogens is 1. The Labute approximate surface area is 138 Å². The number of aliphatic hydroxyl groups excluding tert-OH is 1. The van der Waals surface area contributed by atoms with Gasteiger partial charge in [-0.25, -0.2) is 0 Å². The number of carbonyl (C=O) groups is 1. The lowest BCUT2D eigenvalue weighted by Gasteiger charge is -2.37. The van der Waals surface area contributed by atoms with Crippen molar-refractivity contribution in [3.63, 3.8) is 0 Å². The van der Waals surface area contributed by atoms with Gasteiger partial charge >= 0.3 is 0 Å². The first-order valence-corrected chi connectivity index (χ1v) is 7.93. The second kappa shape index (κ2) is 5.49. The van der Waals surface area contributed by atoms with Gasteiger partial charge in [0.15, 0.2) is 0 Å². The van der Waals surface area contributed by atoms with E-state index in [1.54, 1.807) is 4.90 Å². The van der Waals surface area contributed by atoms with Gasteiger partial charge in [0, 0.05) is 31.3 Å². The Bertz CT molecular complexity index is 826. The van der Waals surface area contributed by atoms with Crippen molar-refractivity contribution in [3.8, 4) is 5.75 Å². The highest BCUT2D eigenvalue weighted by Gasteiger charge is 2.52. The number of aliphatic hydroxyl groups is 1. The van der Waals surface area contributed by atoms with Crippen molar-refractivity contribution < 1.29 is 14.6 Å². The van der Waals surface area contributed by atoms with Crippen molar-refractivity contribution in [1.82, 2.24) is 9.88 Å². The van der Waals surface area contributed by atoms with Crippen molar-refractivity contribution in [2.75, 3.05) is 26.3 Å². The summed E-state index contributed by atoms with van der Waals surface area (Å²) in [6.45, 7) is 1.31. The number of pyridine rings is 1. The molecule has 0 saturated carbocycles. The summed E-state index contributed by atoms with van der Waals surface area (Å²) in [6, 6.07) is 10.7. The van der Waals surface area contributed by atoms with Gasteiger partial charge in [-0.15, -0.1) is 0 Å². The maximum Gasteiger partial charge on any atom is 0.255 e. The van der Waals surface area contributed by atoms with Crippen LogP contribution in [0.15, 0.2) is 47.4 Å². The Kier molecular flexibility index (Phi) is 3.42. The molecule has 1 aromatic heterocycles. The summed E-state index contributed by atoms with van der Waals surface area (Å²) in [6.07, 6.45) is 1.43. The van der Waals surface area contributed by atoms with Crippen LogP contribution in [0.5, 0.6) is 5.75 Å². The molecule has 6 nitrogen and oxygen atoms in total. The summed E-state index contributed by atoms with van der Waals surface area (Å²) in [5.74, 6) is 0.718. The smallest absolute Gasteiger partial charge is 0.255 e. The largest absolute Gasteiger partial charge is 0.493 e. The molecule has 0 unspecified atom stereocenters. The first-order chi connectivity index (χ1) is 11.6. The normalized spacial score (nSPS) is 24.9. The number of para-hydroxylation sites is 1. The second-order valence-electron chi connectivity index (χ2n) is 6.53. The van der Waals surface area contributed by atoms with E-state index in [-0.39, 0.29) is 24.0 Å². The van der Waals surface area contributed by atoms with Crippen LogP contribution in [0.3, 0.4) is 0 Å². The molecule has 0 aliphatic carbocycles. The number of aromatic amines is 1. The van der Waals surface area contributed by atoms with E-state index in [9.17, 15) is 14.7 Å². The van der Waals surface area contributed by atoms with Crippen LogP contribution in [-0.2, 0) is 0 Å². The van der Waals surface area contributed by atoms with Crippen molar-refractivity contribution in [3.05, 3.63) is 64.1 Å². The first-order valence-electron chi connectivity index (χ1n) is 7.93. The Morgan fingerprint density at radius 3 is 2.92 bits per heavy atom. The van der Waals surface area contributed by atoms with E-state index < -0.39 is 5.41 Å². The highest BCUT2D eigenvalue weighted by atomic mass is 16.5. The van der Waals surface area contributed by atoms with Crippen LogP contribution in [0.1, 0.15) is 21.8 Å². The molecule has 4 rings (SSSR count). The maximum absolute atomic E-state index is 12.8. The standard InChI is InChI=1S/C18H18N2O4/c21-10-18-9-20(17(23)12-5-6-16(22)19-7-12)8-14(18)13-3-1-2-4-15(13)24-11-18/h1-7,14,21H,8-11H2,(H,19,22)/t14-,18-/m1/s1. The average Bonchev–Trinajstić information content (AvgIpc) is 3.02.